The number of hydrogen-bond acceptors (Lipinski definition) is 0. The van der Waals surface area contributed by atoms with E-state index in [2.05, 4.69) is 13.0 Å². The molecule has 44 valence electrons. The second-order valence-electron chi connectivity index (χ2n) is 1.21. The van der Waals surface area contributed by atoms with E-state index in [0.29, 0.717) is 0 Å². The Hall–Kier alpha value is 0.796. The van der Waals surface area contributed by atoms with E-state index in [1.165, 1.54) is 0 Å². The third-order valence-electron chi connectivity index (χ3n) is 0.606. The van der Waals surface area contributed by atoms with Crippen molar-refractivity contribution in [3.63, 3.8) is 0 Å². The fraction of sp³-hybridized carbons (Fsp3) is 0.500. The van der Waals surface area contributed by atoms with Crippen molar-refractivity contribution in [3.8, 4) is 0 Å². The van der Waals surface area contributed by atoms with Gasteiger partial charge in [-0.3, -0.25) is 0 Å². The van der Waals surface area contributed by atoms with Crippen LogP contribution >= 0.6 is 0 Å². The van der Waals surface area contributed by atoms with E-state index < -0.39 is 0 Å². The van der Waals surface area contributed by atoms with Crippen molar-refractivity contribution in [3.05, 3.63) is 19.1 Å². The summed E-state index contributed by atoms with van der Waals surface area (Å²) in [5, 5.41) is 0. The minimum atomic E-state index is 0. The third kappa shape index (κ3) is 15.8. The molecule has 0 rings (SSSR count). The summed E-state index contributed by atoms with van der Waals surface area (Å²) in [6.45, 7) is 5.70. The molecule has 0 atom stereocenters. The molecule has 0 spiro atoms. The number of unbranched alkanes of at least 4 members (excludes halogenated alkanes) is 1. The van der Waals surface area contributed by atoms with Crippen LogP contribution in [0.5, 0.6) is 0 Å². The van der Waals surface area contributed by atoms with Crippen LogP contribution in [0.3, 0.4) is 0 Å². The predicted molar refractivity (Wildman–Crippen MR) is 35.2 cm³/mol. The SMILES string of the molecule is [CH2-]CC/C=C\C.[Cl-].[Mg+2]. The molecule has 8 heavy (non-hydrogen) atoms. The average Bonchev–Trinajstić information content (AvgIpc) is 1.61. The molecular formula is C6H11ClMg. The zero-order valence-corrected chi connectivity index (χ0v) is 7.53. The molecule has 0 nitrogen and oxygen atoms in total. The molecule has 0 saturated carbocycles. The molecule has 0 saturated heterocycles. The van der Waals surface area contributed by atoms with E-state index in [4.69, 9.17) is 0 Å². The molecule has 0 aliphatic carbocycles. The van der Waals surface area contributed by atoms with Crippen LogP contribution in [-0.2, 0) is 0 Å². The van der Waals surface area contributed by atoms with Gasteiger partial charge in [-0.05, 0) is 6.92 Å². The Kier molecular flexibility index (Phi) is 31.1. The van der Waals surface area contributed by atoms with Gasteiger partial charge in [0.25, 0.3) is 0 Å². The summed E-state index contributed by atoms with van der Waals surface area (Å²) in [4.78, 5) is 0. The summed E-state index contributed by atoms with van der Waals surface area (Å²) in [5.74, 6) is 0. The minimum Gasteiger partial charge on any atom is -1.00 e. The summed E-state index contributed by atoms with van der Waals surface area (Å²) < 4.78 is 0. The summed E-state index contributed by atoms with van der Waals surface area (Å²) in [5.41, 5.74) is 0. The largest absolute Gasteiger partial charge is 2.00 e. The maximum Gasteiger partial charge on any atom is 2.00 e. The Labute approximate surface area is 74.3 Å². The van der Waals surface area contributed by atoms with Gasteiger partial charge >= 0.3 is 23.1 Å². The summed E-state index contributed by atoms with van der Waals surface area (Å²) in [7, 11) is 0. The van der Waals surface area contributed by atoms with Crippen molar-refractivity contribution >= 4 is 23.1 Å². The third-order valence-corrected chi connectivity index (χ3v) is 0.606. The van der Waals surface area contributed by atoms with Crippen molar-refractivity contribution in [2.75, 3.05) is 0 Å². The normalized spacial score (nSPS) is 7.75. The molecule has 0 aliphatic heterocycles. The van der Waals surface area contributed by atoms with Crippen LogP contribution in [0.4, 0.5) is 0 Å². The number of halogens is 1. The van der Waals surface area contributed by atoms with E-state index in [0.717, 1.165) is 12.8 Å². The van der Waals surface area contributed by atoms with Gasteiger partial charge < -0.3 is 19.3 Å². The number of hydrogen-bond donors (Lipinski definition) is 0. The average molecular weight is 143 g/mol. The van der Waals surface area contributed by atoms with E-state index in [-0.39, 0.29) is 35.5 Å². The second-order valence-corrected chi connectivity index (χ2v) is 1.21. The molecule has 0 aromatic rings. The molecule has 0 unspecified atom stereocenters. The maximum absolute atomic E-state index is 3.67. The molecule has 2 heteroatoms. The van der Waals surface area contributed by atoms with E-state index >= 15 is 0 Å². The van der Waals surface area contributed by atoms with Crippen LogP contribution in [0.15, 0.2) is 12.2 Å². The minimum absolute atomic E-state index is 0. The van der Waals surface area contributed by atoms with Crippen molar-refractivity contribution in [2.24, 2.45) is 0 Å². The zero-order chi connectivity index (χ0) is 4.83. The van der Waals surface area contributed by atoms with Crippen molar-refractivity contribution in [2.45, 2.75) is 19.8 Å². The quantitative estimate of drug-likeness (QED) is 0.258. The number of rotatable bonds is 2. The van der Waals surface area contributed by atoms with Gasteiger partial charge in [0.1, 0.15) is 0 Å². The fourth-order valence-electron chi connectivity index (χ4n) is 0.285. The van der Waals surface area contributed by atoms with Gasteiger partial charge in [-0.25, -0.2) is 0 Å². The van der Waals surface area contributed by atoms with E-state index in [1.807, 2.05) is 13.0 Å². The molecule has 0 radical (unpaired) electrons. The smallest absolute Gasteiger partial charge is 1.00 e. The van der Waals surface area contributed by atoms with Gasteiger partial charge in [-0.2, -0.15) is 6.42 Å². The Morgan fingerprint density at radius 2 is 2.00 bits per heavy atom. The van der Waals surface area contributed by atoms with Crippen molar-refractivity contribution < 1.29 is 12.4 Å². The van der Waals surface area contributed by atoms with Gasteiger partial charge in [-0.1, -0.05) is 18.6 Å². The monoisotopic (exact) mass is 142 g/mol. The second kappa shape index (κ2) is 15.7. The van der Waals surface area contributed by atoms with Gasteiger partial charge in [0.05, 0.1) is 0 Å². The Bertz CT molecular complexity index is 43.8. The van der Waals surface area contributed by atoms with Gasteiger partial charge in [0, 0.05) is 0 Å². The van der Waals surface area contributed by atoms with E-state index in [9.17, 15) is 0 Å². The first-order valence-corrected chi connectivity index (χ1v) is 2.32. The molecule has 0 fully saturated rings. The first-order chi connectivity index (χ1) is 2.91. The van der Waals surface area contributed by atoms with Crippen LogP contribution in [0.25, 0.3) is 0 Å². The maximum atomic E-state index is 3.67. The van der Waals surface area contributed by atoms with Crippen LogP contribution in [0.2, 0.25) is 0 Å². The molecule has 0 aromatic heterocycles. The van der Waals surface area contributed by atoms with Gasteiger partial charge in [-0.15, -0.1) is 0 Å². The molecule has 0 aliphatic rings. The Morgan fingerprint density at radius 3 is 2.12 bits per heavy atom. The fourth-order valence-corrected chi connectivity index (χ4v) is 0.285. The molecule has 0 heterocycles. The summed E-state index contributed by atoms with van der Waals surface area (Å²) >= 11 is 0. The summed E-state index contributed by atoms with van der Waals surface area (Å²) in [6, 6.07) is 0. The standard InChI is InChI=1S/C6H11.ClH.Mg/c1-3-5-6-4-2;;/h4,6H,1,3,5H2,2H3;1H;/q-1;;+2/p-1/b6-4-;;. The van der Waals surface area contributed by atoms with Crippen LogP contribution in [0.1, 0.15) is 19.8 Å². The van der Waals surface area contributed by atoms with Crippen LogP contribution in [-0.4, -0.2) is 23.1 Å². The zero-order valence-electron chi connectivity index (χ0n) is 5.36. The molecule has 0 bridgehead atoms. The first kappa shape index (κ1) is 15.9. The molecule has 0 amide bonds. The van der Waals surface area contributed by atoms with Gasteiger partial charge in [0.2, 0.25) is 0 Å². The Morgan fingerprint density at radius 1 is 1.50 bits per heavy atom. The number of allylic oxidation sites excluding steroid dienone is 2. The van der Waals surface area contributed by atoms with E-state index in [1.54, 1.807) is 0 Å². The first-order valence-electron chi connectivity index (χ1n) is 2.32. The molecule has 0 N–H and O–H groups in total. The molecule has 0 aromatic carbocycles. The van der Waals surface area contributed by atoms with Crippen molar-refractivity contribution in [1.29, 1.82) is 0 Å². The van der Waals surface area contributed by atoms with Crippen LogP contribution in [0, 0.1) is 6.92 Å². The van der Waals surface area contributed by atoms with Gasteiger partial charge in [0.15, 0.2) is 0 Å². The molecular weight excluding hydrogens is 132 g/mol. The van der Waals surface area contributed by atoms with Crippen LogP contribution < -0.4 is 12.4 Å². The van der Waals surface area contributed by atoms with Crippen molar-refractivity contribution in [1.82, 2.24) is 0 Å². The predicted octanol–water partition coefficient (Wildman–Crippen LogP) is -1.20. The summed E-state index contributed by atoms with van der Waals surface area (Å²) in [6.07, 6.45) is 6.30. The Balaban J connectivity index is -0.000000125. The topological polar surface area (TPSA) is 0 Å².